The lowest BCUT2D eigenvalue weighted by atomic mass is 9.63. The highest BCUT2D eigenvalue weighted by Crippen LogP contribution is 2.49. The van der Waals surface area contributed by atoms with Gasteiger partial charge in [-0.2, -0.15) is 0 Å². The van der Waals surface area contributed by atoms with Crippen LogP contribution in [0.1, 0.15) is 51.9 Å². The summed E-state index contributed by atoms with van der Waals surface area (Å²) in [7, 11) is 0. The van der Waals surface area contributed by atoms with Gasteiger partial charge in [-0.15, -0.1) is 0 Å². The lowest BCUT2D eigenvalue weighted by Crippen LogP contribution is -2.51. The van der Waals surface area contributed by atoms with E-state index in [0.717, 1.165) is 38.5 Å². The maximum Gasteiger partial charge on any atom is 0.243 e. The zero-order valence-electron chi connectivity index (χ0n) is 14.2. The van der Waals surface area contributed by atoms with E-state index in [9.17, 15) is 14.4 Å². The van der Waals surface area contributed by atoms with E-state index in [1.807, 2.05) is 0 Å². The van der Waals surface area contributed by atoms with Crippen molar-refractivity contribution < 1.29 is 14.4 Å². The zero-order valence-corrected chi connectivity index (χ0v) is 14.2. The summed E-state index contributed by atoms with van der Waals surface area (Å²) < 4.78 is 0. The molecule has 3 fully saturated rings. The largest absolute Gasteiger partial charge is 0.352 e. The third-order valence-corrected chi connectivity index (χ3v) is 6.51. The molecule has 1 N–H and O–H groups in total. The van der Waals surface area contributed by atoms with E-state index in [1.54, 1.807) is 6.92 Å². The molecule has 1 saturated heterocycles. The lowest BCUT2D eigenvalue weighted by Gasteiger charge is -2.38. The Morgan fingerprint density at radius 2 is 1.54 bits per heavy atom. The molecule has 1 heterocycles. The summed E-state index contributed by atoms with van der Waals surface area (Å²) in [5, 5.41) is 3.06. The normalized spacial score (nSPS) is 36.8. The molecule has 2 bridgehead atoms. The van der Waals surface area contributed by atoms with E-state index in [1.165, 1.54) is 11.3 Å². The Labute approximate surface area is 142 Å². The number of nitrogens with zero attached hydrogens (tertiary/aromatic N) is 1. The molecule has 5 nitrogen and oxygen atoms in total. The molecule has 0 spiro atoms. The van der Waals surface area contributed by atoms with Crippen molar-refractivity contribution in [1.29, 1.82) is 0 Å². The van der Waals surface area contributed by atoms with Gasteiger partial charge in [0.25, 0.3) is 0 Å². The molecular weight excluding hydrogens is 304 g/mol. The van der Waals surface area contributed by atoms with Crippen molar-refractivity contribution in [3.05, 3.63) is 12.2 Å². The summed E-state index contributed by atoms with van der Waals surface area (Å²) in [5.74, 6) is -0.546. The highest BCUT2D eigenvalue weighted by molar-refractivity contribution is 6.09. The summed E-state index contributed by atoms with van der Waals surface area (Å²) in [4.78, 5) is 39.6. The maximum atomic E-state index is 12.9. The summed E-state index contributed by atoms with van der Waals surface area (Å²) >= 11 is 0. The van der Waals surface area contributed by atoms with Gasteiger partial charge in [0.1, 0.15) is 6.04 Å². The fourth-order valence-electron chi connectivity index (χ4n) is 5.16. The minimum atomic E-state index is -0.697. The topological polar surface area (TPSA) is 66.5 Å². The van der Waals surface area contributed by atoms with Crippen molar-refractivity contribution in [3.8, 4) is 0 Å². The first kappa shape index (κ1) is 15.9. The molecule has 5 unspecified atom stereocenters. The molecule has 0 aromatic heterocycles. The number of carbonyl (C=O) groups excluding carboxylic acids is 3. The van der Waals surface area contributed by atoms with Crippen LogP contribution in [0, 0.1) is 23.7 Å². The van der Waals surface area contributed by atoms with Crippen LogP contribution in [0.4, 0.5) is 0 Å². The molecule has 0 radical (unpaired) electrons. The molecule has 4 aliphatic carbocycles. The zero-order chi connectivity index (χ0) is 16.8. The summed E-state index contributed by atoms with van der Waals surface area (Å²) in [6, 6.07) is -0.501. The van der Waals surface area contributed by atoms with Gasteiger partial charge >= 0.3 is 0 Å². The van der Waals surface area contributed by atoms with E-state index in [0.29, 0.717) is 0 Å². The number of amides is 3. The fraction of sp³-hybridized carbons (Fsp3) is 0.737. The number of allylic oxidation sites excluding steroid dienone is 2. The first-order valence-corrected chi connectivity index (χ1v) is 9.43. The van der Waals surface area contributed by atoms with Gasteiger partial charge in [-0.25, -0.2) is 0 Å². The van der Waals surface area contributed by atoms with Crippen molar-refractivity contribution >= 4 is 17.7 Å². The van der Waals surface area contributed by atoms with Crippen molar-refractivity contribution in [1.82, 2.24) is 10.2 Å². The molecule has 5 rings (SSSR count). The van der Waals surface area contributed by atoms with E-state index >= 15 is 0 Å². The predicted octanol–water partition coefficient (Wildman–Crippen LogP) is 2.02. The van der Waals surface area contributed by atoms with Gasteiger partial charge < -0.3 is 5.32 Å². The Morgan fingerprint density at radius 1 is 1.00 bits per heavy atom. The number of hydrogen-bond acceptors (Lipinski definition) is 3. The first-order chi connectivity index (χ1) is 11.6. The molecule has 3 amide bonds. The predicted molar refractivity (Wildman–Crippen MR) is 88.7 cm³/mol. The minimum Gasteiger partial charge on any atom is -0.352 e. The van der Waals surface area contributed by atoms with Gasteiger partial charge in [0.15, 0.2) is 0 Å². The number of imide groups is 1. The summed E-state index contributed by atoms with van der Waals surface area (Å²) in [6.07, 6.45) is 11.7. The van der Waals surface area contributed by atoms with Crippen LogP contribution in [-0.4, -0.2) is 34.7 Å². The van der Waals surface area contributed by atoms with Crippen molar-refractivity contribution in [2.45, 2.75) is 64.0 Å². The third-order valence-electron chi connectivity index (χ3n) is 6.51. The van der Waals surface area contributed by atoms with Gasteiger partial charge in [-0.05, 0) is 44.4 Å². The maximum absolute atomic E-state index is 12.9. The molecule has 5 atom stereocenters. The van der Waals surface area contributed by atoms with Crippen LogP contribution in [0.25, 0.3) is 0 Å². The second-order valence-electron chi connectivity index (χ2n) is 7.91. The van der Waals surface area contributed by atoms with Crippen molar-refractivity contribution in [3.63, 3.8) is 0 Å². The monoisotopic (exact) mass is 330 g/mol. The Morgan fingerprint density at radius 3 is 2.04 bits per heavy atom. The molecule has 1 aliphatic heterocycles. The molecule has 0 aromatic carbocycles. The second kappa shape index (κ2) is 6.01. The highest BCUT2D eigenvalue weighted by Gasteiger charge is 2.58. The van der Waals surface area contributed by atoms with Crippen LogP contribution in [0.15, 0.2) is 12.2 Å². The molecule has 2 saturated carbocycles. The van der Waals surface area contributed by atoms with Gasteiger partial charge in [-0.3, -0.25) is 19.3 Å². The van der Waals surface area contributed by atoms with Gasteiger partial charge in [0, 0.05) is 6.04 Å². The SMILES string of the molecule is CC(C(=O)NC1CCCCC1)N1C(=O)C2C3C=CC(CC3)C2C1=O. The summed E-state index contributed by atoms with van der Waals surface area (Å²) in [5.41, 5.74) is 0. The number of carbonyl (C=O) groups is 3. The van der Waals surface area contributed by atoms with Crippen molar-refractivity contribution in [2.75, 3.05) is 0 Å². The number of hydrogen-bond donors (Lipinski definition) is 1. The average molecular weight is 330 g/mol. The smallest absolute Gasteiger partial charge is 0.243 e. The Kier molecular flexibility index (Phi) is 3.97. The van der Waals surface area contributed by atoms with Crippen LogP contribution < -0.4 is 5.32 Å². The van der Waals surface area contributed by atoms with Crippen LogP contribution in [0.2, 0.25) is 0 Å². The molecule has 5 aliphatic rings. The molecule has 5 heteroatoms. The van der Waals surface area contributed by atoms with E-state index < -0.39 is 6.04 Å². The standard InChI is InChI=1S/C19H26N2O3/c1-11(17(22)20-14-5-3-2-4-6-14)21-18(23)15-12-7-8-13(10-9-12)16(15)19(21)24/h7-8,11-16H,2-6,9-10H2,1H3,(H,20,22). The number of likely N-dealkylation sites (tertiary alicyclic amines) is 1. The number of rotatable bonds is 3. The summed E-state index contributed by atoms with van der Waals surface area (Å²) in [6.45, 7) is 1.70. The van der Waals surface area contributed by atoms with Gasteiger partial charge in [0.05, 0.1) is 11.8 Å². The Hall–Kier alpha value is -1.65. The third kappa shape index (κ3) is 2.40. The van der Waals surface area contributed by atoms with E-state index in [-0.39, 0.29) is 47.4 Å². The fourth-order valence-corrected chi connectivity index (χ4v) is 5.16. The van der Waals surface area contributed by atoms with Gasteiger partial charge in [0.2, 0.25) is 17.7 Å². The lowest BCUT2D eigenvalue weighted by molar-refractivity contribution is -0.147. The van der Waals surface area contributed by atoms with E-state index in [2.05, 4.69) is 17.5 Å². The second-order valence-corrected chi connectivity index (χ2v) is 7.91. The Balaban J connectivity index is 1.48. The molecule has 130 valence electrons. The van der Waals surface area contributed by atoms with Crippen LogP contribution in [-0.2, 0) is 14.4 Å². The van der Waals surface area contributed by atoms with Crippen LogP contribution in [0.3, 0.4) is 0 Å². The van der Waals surface area contributed by atoms with Crippen LogP contribution in [0.5, 0.6) is 0 Å². The number of nitrogens with one attached hydrogen (secondary N) is 1. The van der Waals surface area contributed by atoms with Gasteiger partial charge in [-0.1, -0.05) is 31.4 Å². The molecule has 24 heavy (non-hydrogen) atoms. The van der Waals surface area contributed by atoms with E-state index in [4.69, 9.17) is 0 Å². The van der Waals surface area contributed by atoms with Crippen molar-refractivity contribution in [2.24, 2.45) is 23.7 Å². The quantitative estimate of drug-likeness (QED) is 0.636. The average Bonchev–Trinajstić information content (AvgIpc) is 2.89. The Bertz CT molecular complexity index is 561. The van der Waals surface area contributed by atoms with Crippen LogP contribution >= 0.6 is 0 Å². The minimum absolute atomic E-state index is 0.129. The highest BCUT2D eigenvalue weighted by atomic mass is 16.2. The number of fused-ring (bicyclic) bond motifs is 1. The molecular formula is C19H26N2O3. The molecule has 0 aromatic rings. The first-order valence-electron chi connectivity index (χ1n) is 9.43.